The number of hydrogen-bond donors (Lipinski definition) is 2. The Morgan fingerprint density at radius 2 is 1.64 bits per heavy atom. The minimum Gasteiger partial charge on any atom is -0.350 e. The van der Waals surface area contributed by atoms with E-state index in [4.69, 9.17) is 23.2 Å². The maximum absolute atomic E-state index is 12.9. The molecule has 5 rings (SSSR count). The van der Waals surface area contributed by atoms with Gasteiger partial charge in [-0.3, -0.25) is 19.7 Å². The highest BCUT2D eigenvalue weighted by Gasteiger charge is 2.39. The molecule has 10 heteroatoms. The van der Waals surface area contributed by atoms with Crippen LogP contribution in [0, 0.1) is 0 Å². The summed E-state index contributed by atoms with van der Waals surface area (Å²) in [5.41, 5.74) is 2.88. The van der Waals surface area contributed by atoms with Gasteiger partial charge in [0.05, 0.1) is 11.4 Å². The number of anilines is 3. The number of rotatable bonds is 6. The van der Waals surface area contributed by atoms with Crippen LogP contribution >= 0.6 is 34.5 Å². The van der Waals surface area contributed by atoms with E-state index in [1.165, 1.54) is 17.4 Å². The molecule has 36 heavy (non-hydrogen) atoms. The molecule has 0 saturated carbocycles. The van der Waals surface area contributed by atoms with Crippen LogP contribution in [0.5, 0.6) is 0 Å². The molecular weight excluding hydrogens is 519 g/mol. The van der Waals surface area contributed by atoms with E-state index in [9.17, 15) is 14.4 Å². The molecule has 7 nitrogen and oxygen atoms in total. The molecule has 178 valence electrons. The van der Waals surface area contributed by atoms with Crippen LogP contribution in [-0.2, 0) is 9.59 Å². The van der Waals surface area contributed by atoms with E-state index in [1.54, 1.807) is 42.5 Å². The van der Waals surface area contributed by atoms with Crippen LogP contribution in [0.25, 0.3) is 11.3 Å². The highest BCUT2D eigenvalue weighted by Crippen LogP contribution is 2.31. The quantitative estimate of drug-likeness (QED) is 0.289. The van der Waals surface area contributed by atoms with Crippen LogP contribution in [0.3, 0.4) is 0 Å². The molecule has 0 fully saturated rings. The van der Waals surface area contributed by atoms with Crippen molar-refractivity contribution in [3.05, 3.63) is 106 Å². The summed E-state index contributed by atoms with van der Waals surface area (Å²) in [6, 6.07) is 22.5. The topological polar surface area (TPSA) is 91.4 Å². The number of hydrogen-bond acceptors (Lipinski definition) is 6. The second-order valence-electron chi connectivity index (χ2n) is 7.67. The highest BCUT2D eigenvalue weighted by atomic mass is 35.5. The Bertz CT molecular complexity index is 1520. The van der Waals surface area contributed by atoms with E-state index >= 15 is 0 Å². The average molecular weight is 535 g/mol. The van der Waals surface area contributed by atoms with Crippen molar-refractivity contribution in [2.45, 2.75) is 0 Å². The van der Waals surface area contributed by atoms with Gasteiger partial charge in [0, 0.05) is 27.2 Å². The maximum Gasteiger partial charge on any atom is 0.283 e. The van der Waals surface area contributed by atoms with E-state index in [-0.39, 0.29) is 16.6 Å². The predicted molar refractivity (Wildman–Crippen MR) is 142 cm³/mol. The normalized spacial score (nSPS) is 13.3. The van der Waals surface area contributed by atoms with Crippen molar-refractivity contribution in [1.29, 1.82) is 0 Å². The van der Waals surface area contributed by atoms with E-state index in [0.717, 1.165) is 16.2 Å². The zero-order valence-electron chi connectivity index (χ0n) is 18.4. The van der Waals surface area contributed by atoms with Gasteiger partial charge in [0.25, 0.3) is 17.7 Å². The van der Waals surface area contributed by atoms with Crippen LogP contribution in [0.2, 0.25) is 5.02 Å². The summed E-state index contributed by atoms with van der Waals surface area (Å²) in [5, 5.41) is 8.18. The number of nitrogens with one attached hydrogen (secondary N) is 2. The van der Waals surface area contributed by atoms with Gasteiger partial charge in [-0.2, -0.15) is 0 Å². The van der Waals surface area contributed by atoms with Crippen LogP contribution in [0.15, 0.2) is 95.0 Å². The fourth-order valence-corrected chi connectivity index (χ4v) is 4.66. The third-order valence-corrected chi connectivity index (χ3v) is 6.65. The second-order valence-corrected chi connectivity index (χ2v) is 9.35. The van der Waals surface area contributed by atoms with Crippen molar-refractivity contribution in [1.82, 2.24) is 4.98 Å². The Balaban J connectivity index is 1.27. The zero-order valence-corrected chi connectivity index (χ0v) is 20.7. The third kappa shape index (κ3) is 4.74. The first-order valence-electron chi connectivity index (χ1n) is 10.6. The number of imide groups is 1. The van der Waals surface area contributed by atoms with Crippen LogP contribution in [-0.4, -0.2) is 22.7 Å². The minimum atomic E-state index is -0.652. The van der Waals surface area contributed by atoms with Crippen molar-refractivity contribution in [3.63, 3.8) is 0 Å². The summed E-state index contributed by atoms with van der Waals surface area (Å²) in [7, 11) is 0. The first-order valence-corrected chi connectivity index (χ1v) is 12.3. The zero-order chi connectivity index (χ0) is 25.2. The summed E-state index contributed by atoms with van der Waals surface area (Å²) in [6.45, 7) is 0. The fourth-order valence-electron chi connectivity index (χ4n) is 3.55. The molecule has 0 radical (unpaired) electrons. The lowest BCUT2D eigenvalue weighted by Crippen LogP contribution is -2.32. The Morgan fingerprint density at radius 1 is 0.889 bits per heavy atom. The third-order valence-electron chi connectivity index (χ3n) is 5.30. The van der Waals surface area contributed by atoms with Gasteiger partial charge < -0.3 is 5.32 Å². The lowest BCUT2D eigenvalue weighted by Gasteiger charge is -2.15. The molecule has 1 aliphatic rings. The number of benzene rings is 3. The molecule has 0 atom stereocenters. The van der Waals surface area contributed by atoms with Crippen molar-refractivity contribution in [3.8, 4) is 11.3 Å². The second kappa shape index (κ2) is 9.94. The highest BCUT2D eigenvalue weighted by molar-refractivity contribution is 7.14. The van der Waals surface area contributed by atoms with Gasteiger partial charge in [0.1, 0.15) is 10.7 Å². The van der Waals surface area contributed by atoms with E-state index in [2.05, 4.69) is 15.6 Å². The predicted octanol–water partition coefficient (Wildman–Crippen LogP) is 6.15. The molecule has 2 heterocycles. The van der Waals surface area contributed by atoms with Gasteiger partial charge >= 0.3 is 0 Å². The molecule has 1 aliphatic heterocycles. The minimum absolute atomic E-state index is 0.0601. The smallest absolute Gasteiger partial charge is 0.283 e. The van der Waals surface area contributed by atoms with E-state index in [0.29, 0.717) is 27.1 Å². The van der Waals surface area contributed by atoms with Crippen LogP contribution in [0.4, 0.5) is 16.5 Å². The number of carbonyl (C=O) groups excluding carboxylic acids is 3. The van der Waals surface area contributed by atoms with Crippen molar-refractivity contribution >= 4 is 68.8 Å². The summed E-state index contributed by atoms with van der Waals surface area (Å²) >= 11 is 13.5. The largest absolute Gasteiger partial charge is 0.350 e. The molecule has 0 bridgehead atoms. The van der Waals surface area contributed by atoms with Crippen LogP contribution < -0.4 is 15.5 Å². The van der Waals surface area contributed by atoms with E-state index in [1.807, 2.05) is 35.7 Å². The van der Waals surface area contributed by atoms with Crippen molar-refractivity contribution in [2.24, 2.45) is 0 Å². The summed E-state index contributed by atoms with van der Waals surface area (Å²) < 4.78 is 0. The molecule has 4 aromatic rings. The lowest BCUT2D eigenvalue weighted by molar-refractivity contribution is -0.120. The number of carbonyl (C=O) groups is 3. The SMILES string of the molecule is O=C(Nc1nc(-c2ccccc2)cs1)c1ccc(NC2=C(Cl)C(=O)N(c3cccc(Cl)c3)C2=O)cc1. The van der Waals surface area contributed by atoms with E-state index < -0.39 is 11.8 Å². The standard InChI is InChI=1S/C26H16Cl2N4O3S/c27-17-7-4-8-19(13-17)32-24(34)21(28)22(25(32)35)29-18-11-9-16(10-12-18)23(33)31-26-30-20(14-36-26)15-5-2-1-3-6-15/h1-14,29H,(H,30,31,33). The molecule has 3 amide bonds. The van der Waals surface area contributed by atoms with Crippen LogP contribution in [0.1, 0.15) is 10.4 Å². The molecule has 1 aromatic heterocycles. The van der Waals surface area contributed by atoms with Gasteiger partial charge in [0.15, 0.2) is 5.13 Å². The van der Waals surface area contributed by atoms with Gasteiger partial charge in [-0.15, -0.1) is 11.3 Å². The maximum atomic E-state index is 12.9. The Labute approximate surface area is 220 Å². The monoisotopic (exact) mass is 534 g/mol. The number of halogens is 2. The molecule has 0 saturated heterocycles. The summed E-state index contributed by atoms with van der Waals surface area (Å²) in [5.74, 6) is -1.58. The Morgan fingerprint density at radius 3 is 2.36 bits per heavy atom. The van der Waals surface area contributed by atoms with Crippen molar-refractivity contribution in [2.75, 3.05) is 15.5 Å². The van der Waals surface area contributed by atoms with Crippen molar-refractivity contribution < 1.29 is 14.4 Å². The molecule has 0 unspecified atom stereocenters. The number of aromatic nitrogens is 1. The number of amides is 3. The molecular formula is C26H16Cl2N4O3S. The van der Waals surface area contributed by atoms with Gasteiger partial charge in [-0.25, -0.2) is 9.88 Å². The molecule has 3 aromatic carbocycles. The first-order chi connectivity index (χ1) is 17.4. The summed E-state index contributed by atoms with van der Waals surface area (Å²) in [4.78, 5) is 43.6. The number of thiazole rings is 1. The molecule has 0 aliphatic carbocycles. The number of nitrogens with zero attached hydrogens (tertiary/aromatic N) is 2. The summed E-state index contributed by atoms with van der Waals surface area (Å²) in [6.07, 6.45) is 0. The molecule has 0 spiro atoms. The van der Waals surface area contributed by atoms with Gasteiger partial charge in [0.2, 0.25) is 0 Å². The Hall–Kier alpha value is -3.98. The molecule has 2 N–H and O–H groups in total. The van der Waals surface area contributed by atoms with Gasteiger partial charge in [-0.05, 0) is 42.5 Å². The first kappa shape index (κ1) is 23.7. The lowest BCUT2D eigenvalue weighted by atomic mass is 10.2. The average Bonchev–Trinajstić information content (AvgIpc) is 3.43. The fraction of sp³-hybridized carbons (Fsp3) is 0. The van der Waals surface area contributed by atoms with Gasteiger partial charge in [-0.1, -0.05) is 59.6 Å². The Kier molecular flexibility index (Phi) is 6.56.